The Morgan fingerprint density at radius 3 is 2.33 bits per heavy atom. The average molecular weight is 207 g/mol. The summed E-state index contributed by atoms with van der Waals surface area (Å²) < 4.78 is 5.39. The molecule has 0 aliphatic carbocycles. The minimum atomic E-state index is 0.600. The monoisotopic (exact) mass is 207 g/mol. The van der Waals surface area contributed by atoms with Gasteiger partial charge in [0, 0.05) is 0 Å². The minimum Gasteiger partial charge on any atom is -0.494 e. The van der Waals surface area contributed by atoms with Gasteiger partial charge >= 0.3 is 0 Å². The summed E-state index contributed by atoms with van der Waals surface area (Å²) in [6.45, 7) is 5.67. The van der Waals surface area contributed by atoms with Crippen LogP contribution in [0.25, 0.3) is 0 Å². The van der Waals surface area contributed by atoms with Crippen LogP contribution in [0.15, 0.2) is 24.3 Å². The van der Waals surface area contributed by atoms with E-state index in [1.807, 2.05) is 19.1 Å². The molecular weight excluding hydrogens is 186 g/mol. The number of hydrogen-bond acceptors (Lipinski definition) is 2. The molecule has 2 heteroatoms. The van der Waals surface area contributed by atoms with Crippen LogP contribution in [0, 0.1) is 5.92 Å². The Balaban J connectivity index is 2.55. The van der Waals surface area contributed by atoms with Crippen LogP contribution in [0.5, 0.6) is 5.75 Å². The van der Waals surface area contributed by atoms with Gasteiger partial charge in [0.15, 0.2) is 0 Å². The summed E-state index contributed by atoms with van der Waals surface area (Å²) >= 11 is 0. The van der Waals surface area contributed by atoms with Crippen molar-refractivity contribution in [2.75, 3.05) is 13.2 Å². The molecule has 1 aromatic carbocycles. The van der Waals surface area contributed by atoms with Gasteiger partial charge in [0.25, 0.3) is 0 Å². The molecule has 0 saturated heterocycles. The zero-order valence-electron chi connectivity index (χ0n) is 9.70. The van der Waals surface area contributed by atoms with Crippen molar-refractivity contribution in [1.29, 1.82) is 0 Å². The van der Waals surface area contributed by atoms with Crippen molar-refractivity contribution in [1.82, 2.24) is 0 Å². The van der Waals surface area contributed by atoms with Gasteiger partial charge in [0.05, 0.1) is 6.61 Å². The van der Waals surface area contributed by atoms with Crippen molar-refractivity contribution < 1.29 is 4.74 Å². The van der Waals surface area contributed by atoms with Gasteiger partial charge in [-0.1, -0.05) is 25.5 Å². The lowest BCUT2D eigenvalue weighted by atomic mass is 9.97. The van der Waals surface area contributed by atoms with Crippen molar-refractivity contribution in [3.8, 4) is 5.75 Å². The third kappa shape index (κ3) is 3.92. The number of hydrogen-bond donors (Lipinski definition) is 1. The van der Waals surface area contributed by atoms with Crippen LogP contribution in [0.4, 0.5) is 0 Å². The van der Waals surface area contributed by atoms with E-state index in [9.17, 15) is 0 Å². The summed E-state index contributed by atoms with van der Waals surface area (Å²) in [7, 11) is 0. The molecule has 15 heavy (non-hydrogen) atoms. The fourth-order valence-corrected chi connectivity index (χ4v) is 1.62. The summed E-state index contributed by atoms with van der Waals surface area (Å²) in [5, 5.41) is 0. The van der Waals surface area contributed by atoms with Crippen LogP contribution >= 0.6 is 0 Å². The fourth-order valence-electron chi connectivity index (χ4n) is 1.62. The van der Waals surface area contributed by atoms with E-state index in [2.05, 4.69) is 19.1 Å². The van der Waals surface area contributed by atoms with Gasteiger partial charge < -0.3 is 10.5 Å². The zero-order chi connectivity index (χ0) is 11.1. The smallest absolute Gasteiger partial charge is 0.119 e. The molecule has 0 saturated carbocycles. The van der Waals surface area contributed by atoms with Crippen LogP contribution in [0.2, 0.25) is 0 Å². The molecule has 1 atom stereocenters. The van der Waals surface area contributed by atoms with Gasteiger partial charge in [-0.25, -0.2) is 0 Å². The second kappa shape index (κ2) is 6.46. The molecule has 0 bridgehead atoms. The van der Waals surface area contributed by atoms with Crippen LogP contribution in [-0.2, 0) is 6.42 Å². The van der Waals surface area contributed by atoms with Crippen LogP contribution in [0.3, 0.4) is 0 Å². The van der Waals surface area contributed by atoms with Crippen molar-refractivity contribution in [3.63, 3.8) is 0 Å². The van der Waals surface area contributed by atoms with E-state index < -0.39 is 0 Å². The molecular formula is C13H21NO. The highest BCUT2D eigenvalue weighted by Crippen LogP contribution is 2.16. The van der Waals surface area contributed by atoms with Gasteiger partial charge in [0.2, 0.25) is 0 Å². The Morgan fingerprint density at radius 2 is 1.87 bits per heavy atom. The van der Waals surface area contributed by atoms with E-state index >= 15 is 0 Å². The molecule has 0 radical (unpaired) electrons. The highest BCUT2D eigenvalue weighted by molar-refractivity contribution is 5.27. The van der Waals surface area contributed by atoms with Gasteiger partial charge in [0.1, 0.15) is 5.75 Å². The first-order chi connectivity index (χ1) is 7.30. The Kier molecular flexibility index (Phi) is 5.19. The Hall–Kier alpha value is -1.02. The first kappa shape index (κ1) is 12.1. The minimum absolute atomic E-state index is 0.600. The quantitative estimate of drug-likeness (QED) is 0.778. The molecule has 1 aromatic rings. The zero-order valence-corrected chi connectivity index (χ0v) is 9.70. The highest BCUT2D eigenvalue weighted by Gasteiger charge is 2.04. The fraction of sp³-hybridized carbons (Fsp3) is 0.538. The SMILES string of the molecule is CCOc1ccc(CC(CC)CN)cc1. The number of nitrogens with two attached hydrogens (primary N) is 1. The van der Waals surface area contributed by atoms with Gasteiger partial charge in [-0.15, -0.1) is 0 Å². The number of rotatable bonds is 6. The topological polar surface area (TPSA) is 35.2 Å². The van der Waals surface area contributed by atoms with E-state index in [-0.39, 0.29) is 0 Å². The lowest BCUT2D eigenvalue weighted by molar-refractivity contribution is 0.340. The lowest BCUT2D eigenvalue weighted by Gasteiger charge is -2.12. The van der Waals surface area contributed by atoms with Gasteiger partial charge in [-0.05, 0) is 43.5 Å². The molecule has 0 amide bonds. The molecule has 2 nitrogen and oxygen atoms in total. The molecule has 0 aliphatic rings. The molecule has 84 valence electrons. The van der Waals surface area contributed by atoms with Gasteiger partial charge in [-0.2, -0.15) is 0 Å². The normalized spacial score (nSPS) is 12.5. The van der Waals surface area contributed by atoms with Crippen molar-refractivity contribution >= 4 is 0 Å². The highest BCUT2D eigenvalue weighted by atomic mass is 16.5. The molecule has 0 heterocycles. The number of benzene rings is 1. The van der Waals surface area contributed by atoms with E-state index in [1.54, 1.807) is 0 Å². The first-order valence-corrected chi connectivity index (χ1v) is 5.71. The predicted molar refractivity (Wildman–Crippen MR) is 64.2 cm³/mol. The second-order valence-corrected chi connectivity index (χ2v) is 3.79. The maximum absolute atomic E-state index is 5.68. The molecule has 1 rings (SSSR count). The lowest BCUT2D eigenvalue weighted by Crippen LogP contribution is -2.15. The summed E-state index contributed by atoms with van der Waals surface area (Å²) in [6, 6.07) is 8.32. The molecule has 0 aliphatic heterocycles. The summed E-state index contributed by atoms with van der Waals surface area (Å²) in [6.07, 6.45) is 2.21. The van der Waals surface area contributed by atoms with Crippen molar-refractivity contribution in [3.05, 3.63) is 29.8 Å². The Labute approximate surface area is 92.4 Å². The van der Waals surface area contributed by atoms with Crippen molar-refractivity contribution in [2.24, 2.45) is 11.7 Å². The molecule has 0 fully saturated rings. The summed E-state index contributed by atoms with van der Waals surface area (Å²) in [5.41, 5.74) is 7.03. The Bertz CT molecular complexity index is 264. The maximum atomic E-state index is 5.68. The maximum Gasteiger partial charge on any atom is 0.119 e. The third-order valence-electron chi connectivity index (χ3n) is 2.67. The average Bonchev–Trinajstić information content (AvgIpc) is 2.28. The molecule has 0 aromatic heterocycles. The van der Waals surface area contributed by atoms with Crippen LogP contribution in [-0.4, -0.2) is 13.2 Å². The van der Waals surface area contributed by atoms with E-state index in [0.29, 0.717) is 5.92 Å². The number of ether oxygens (including phenoxy) is 1. The standard InChI is InChI=1S/C13H21NO/c1-3-11(10-14)9-12-5-7-13(8-6-12)15-4-2/h5-8,11H,3-4,9-10,14H2,1-2H3. The van der Waals surface area contributed by atoms with Crippen LogP contribution in [0.1, 0.15) is 25.8 Å². The van der Waals surface area contributed by atoms with Crippen LogP contribution < -0.4 is 10.5 Å². The Morgan fingerprint density at radius 1 is 1.20 bits per heavy atom. The second-order valence-electron chi connectivity index (χ2n) is 3.79. The molecule has 2 N–H and O–H groups in total. The van der Waals surface area contributed by atoms with Gasteiger partial charge in [-0.3, -0.25) is 0 Å². The van der Waals surface area contributed by atoms with E-state index in [4.69, 9.17) is 10.5 Å². The van der Waals surface area contributed by atoms with E-state index in [1.165, 1.54) is 5.56 Å². The van der Waals surface area contributed by atoms with E-state index in [0.717, 1.165) is 31.7 Å². The predicted octanol–water partition coefficient (Wildman–Crippen LogP) is 2.61. The third-order valence-corrected chi connectivity index (χ3v) is 2.67. The summed E-state index contributed by atoms with van der Waals surface area (Å²) in [4.78, 5) is 0. The molecule has 0 spiro atoms. The van der Waals surface area contributed by atoms with Crippen molar-refractivity contribution in [2.45, 2.75) is 26.7 Å². The molecule has 1 unspecified atom stereocenters. The first-order valence-electron chi connectivity index (χ1n) is 5.71. The largest absolute Gasteiger partial charge is 0.494 e. The summed E-state index contributed by atoms with van der Waals surface area (Å²) in [5.74, 6) is 1.55.